The molecule has 1 N–H and O–H groups in total. The van der Waals surface area contributed by atoms with E-state index in [4.69, 9.17) is 0 Å². The number of nitrogens with one attached hydrogen (secondary N) is 1. The quantitative estimate of drug-likeness (QED) is 0.864. The van der Waals surface area contributed by atoms with Gasteiger partial charge in [-0.05, 0) is 37.8 Å². The summed E-state index contributed by atoms with van der Waals surface area (Å²) in [5.74, 6) is 0.140. The molecule has 4 heteroatoms. The van der Waals surface area contributed by atoms with E-state index in [1.165, 1.54) is 32.1 Å². The van der Waals surface area contributed by atoms with Gasteiger partial charge in [-0.25, -0.2) is 0 Å². The fraction of sp³-hybridized carbons (Fsp3) is 0.625. The molecule has 0 spiro atoms. The summed E-state index contributed by atoms with van der Waals surface area (Å²) in [5.41, 5.74) is 0.716. The zero-order valence-electron chi connectivity index (χ0n) is 12.1. The van der Waals surface area contributed by atoms with E-state index < -0.39 is 0 Å². The molecule has 108 valence electrons. The molecule has 20 heavy (non-hydrogen) atoms. The lowest BCUT2D eigenvalue weighted by atomic mass is 9.94. The number of quaternary nitrogens is 1. The molecule has 1 amide bonds. The third-order valence-electron chi connectivity index (χ3n) is 4.78. The maximum absolute atomic E-state index is 12.4. The monoisotopic (exact) mass is 274 g/mol. The van der Waals surface area contributed by atoms with Crippen LogP contribution >= 0.6 is 0 Å². The third-order valence-corrected chi connectivity index (χ3v) is 4.78. The Bertz CT molecular complexity index is 434. The lowest BCUT2D eigenvalue weighted by molar-refractivity contribution is -0.930. The van der Waals surface area contributed by atoms with Crippen LogP contribution in [0.2, 0.25) is 0 Å². The van der Waals surface area contributed by atoms with Crippen LogP contribution in [0.3, 0.4) is 0 Å². The molecule has 0 unspecified atom stereocenters. The summed E-state index contributed by atoms with van der Waals surface area (Å²) in [6.07, 6.45) is 10.3. The normalized spacial score (nSPS) is 21.9. The SMILES string of the molecule is O=C(c1cccnc1)N1CC[NH+](C2CCCCC2)CC1. The molecule has 1 aliphatic heterocycles. The van der Waals surface area contributed by atoms with Gasteiger partial charge in [0.25, 0.3) is 5.91 Å². The molecule has 1 aliphatic carbocycles. The van der Waals surface area contributed by atoms with E-state index in [2.05, 4.69) is 4.98 Å². The Morgan fingerprint density at radius 3 is 2.60 bits per heavy atom. The van der Waals surface area contributed by atoms with Crippen LogP contribution in [0.25, 0.3) is 0 Å². The molecular formula is C16H24N3O+. The lowest BCUT2D eigenvalue weighted by Crippen LogP contribution is -3.18. The summed E-state index contributed by atoms with van der Waals surface area (Å²) < 4.78 is 0. The van der Waals surface area contributed by atoms with Gasteiger partial charge < -0.3 is 9.80 Å². The van der Waals surface area contributed by atoms with Gasteiger partial charge >= 0.3 is 0 Å². The molecule has 4 nitrogen and oxygen atoms in total. The second-order valence-corrected chi connectivity index (χ2v) is 6.03. The van der Waals surface area contributed by atoms with Gasteiger partial charge in [0.05, 0.1) is 37.8 Å². The van der Waals surface area contributed by atoms with Crippen molar-refractivity contribution in [2.24, 2.45) is 0 Å². The average molecular weight is 274 g/mol. The van der Waals surface area contributed by atoms with E-state index in [1.807, 2.05) is 17.0 Å². The van der Waals surface area contributed by atoms with Crippen molar-refractivity contribution in [3.05, 3.63) is 30.1 Å². The predicted octanol–water partition coefficient (Wildman–Crippen LogP) is 0.755. The summed E-state index contributed by atoms with van der Waals surface area (Å²) in [6, 6.07) is 4.53. The van der Waals surface area contributed by atoms with Crippen molar-refractivity contribution in [2.75, 3.05) is 26.2 Å². The first-order chi connectivity index (χ1) is 9.84. The lowest BCUT2D eigenvalue weighted by Gasteiger charge is -2.38. The first kappa shape index (κ1) is 13.6. The van der Waals surface area contributed by atoms with E-state index in [0.717, 1.165) is 32.2 Å². The number of carbonyl (C=O) groups excluding carboxylic acids is 1. The molecule has 2 aliphatic rings. The van der Waals surface area contributed by atoms with Crippen molar-refractivity contribution in [3.63, 3.8) is 0 Å². The number of aromatic nitrogens is 1. The van der Waals surface area contributed by atoms with Crippen LogP contribution in [0.4, 0.5) is 0 Å². The van der Waals surface area contributed by atoms with Crippen LogP contribution in [0.5, 0.6) is 0 Å². The van der Waals surface area contributed by atoms with Crippen molar-refractivity contribution in [1.29, 1.82) is 0 Å². The molecule has 0 radical (unpaired) electrons. The number of carbonyl (C=O) groups is 1. The van der Waals surface area contributed by atoms with Crippen molar-refractivity contribution in [2.45, 2.75) is 38.1 Å². The molecule has 2 fully saturated rings. The van der Waals surface area contributed by atoms with Crippen molar-refractivity contribution in [1.82, 2.24) is 9.88 Å². The van der Waals surface area contributed by atoms with Crippen LogP contribution in [0, 0.1) is 0 Å². The van der Waals surface area contributed by atoms with Gasteiger partial charge in [-0.1, -0.05) is 6.42 Å². The van der Waals surface area contributed by atoms with Gasteiger partial charge in [-0.15, -0.1) is 0 Å². The molecular weight excluding hydrogens is 250 g/mol. The standard InChI is InChI=1S/C16H23N3O/c20-16(14-5-4-8-17-13-14)19-11-9-18(10-12-19)15-6-2-1-3-7-15/h4-5,8,13,15H,1-3,6-7,9-12H2/p+1. The Hall–Kier alpha value is -1.42. The Morgan fingerprint density at radius 2 is 1.95 bits per heavy atom. The fourth-order valence-electron chi connectivity index (χ4n) is 3.59. The Morgan fingerprint density at radius 1 is 1.20 bits per heavy atom. The van der Waals surface area contributed by atoms with Gasteiger partial charge in [0.2, 0.25) is 0 Å². The number of hydrogen-bond donors (Lipinski definition) is 1. The van der Waals surface area contributed by atoms with Gasteiger partial charge in [-0.2, -0.15) is 0 Å². The number of pyridine rings is 1. The van der Waals surface area contributed by atoms with Crippen LogP contribution < -0.4 is 4.90 Å². The molecule has 0 atom stereocenters. The smallest absolute Gasteiger partial charge is 0.255 e. The largest absolute Gasteiger partial charge is 0.330 e. The van der Waals surface area contributed by atoms with Crippen molar-refractivity contribution < 1.29 is 9.69 Å². The van der Waals surface area contributed by atoms with Gasteiger partial charge in [-0.3, -0.25) is 9.78 Å². The molecule has 1 saturated carbocycles. The number of piperazine rings is 1. The van der Waals surface area contributed by atoms with Gasteiger partial charge in [0, 0.05) is 12.4 Å². The Kier molecular flexibility index (Phi) is 4.31. The molecule has 2 heterocycles. The maximum atomic E-state index is 12.4. The minimum atomic E-state index is 0.140. The highest BCUT2D eigenvalue weighted by Crippen LogP contribution is 2.15. The summed E-state index contributed by atoms with van der Waals surface area (Å²) in [4.78, 5) is 20.1. The first-order valence-electron chi connectivity index (χ1n) is 7.88. The van der Waals surface area contributed by atoms with Crippen LogP contribution in [0.15, 0.2) is 24.5 Å². The number of hydrogen-bond acceptors (Lipinski definition) is 2. The molecule has 3 rings (SSSR count). The molecule has 1 aromatic rings. The molecule has 0 bridgehead atoms. The average Bonchev–Trinajstić information content (AvgIpc) is 2.56. The molecule has 0 aromatic carbocycles. The number of amides is 1. The topological polar surface area (TPSA) is 37.6 Å². The van der Waals surface area contributed by atoms with E-state index in [0.29, 0.717) is 5.56 Å². The summed E-state index contributed by atoms with van der Waals surface area (Å²) >= 11 is 0. The predicted molar refractivity (Wildman–Crippen MR) is 77.7 cm³/mol. The van der Waals surface area contributed by atoms with Crippen LogP contribution in [-0.2, 0) is 0 Å². The number of nitrogens with zero attached hydrogens (tertiary/aromatic N) is 2. The highest BCUT2D eigenvalue weighted by atomic mass is 16.2. The number of rotatable bonds is 2. The summed E-state index contributed by atoms with van der Waals surface area (Å²) in [6.45, 7) is 3.99. The van der Waals surface area contributed by atoms with Gasteiger partial charge in [0.15, 0.2) is 0 Å². The van der Waals surface area contributed by atoms with E-state index in [1.54, 1.807) is 17.3 Å². The highest BCUT2D eigenvalue weighted by molar-refractivity contribution is 5.93. The zero-order valence-corrected chi connectivity index (χ0v) is 12.1. The van der Waals surface area contributed by atoms with Crippen LogP contribution in [0.1, 0.15) is 42.5 Å². The summed E-state index contributed by atoms with van der Waals surface area (Å²) in [7, 11) is 0. The Balaban J connectivity index is 1.54. The minimum absolute atomic E-state index is 0.140. The third kappa shape index (κ3) is 3.01. The van der Waals surface area contributed by atoms with Crippen molar-refractivity contribution in [3.8, 4) is 0 Å². The van der Waals surface area contributed by atoms with Crippen LogP contribution in [-0.4, -0.2) is 48.0 Å². The molecule has 1 aromatic heterocycles. The van der Waals surface area contributed by atoms with E-state index in [9.17, 15) is 4.79 Å². The Labute approximate surface area is 120 Å². The van der Waals surface area contributed by atoms with Crippen molar-refractivity contribution >= 4 is 5.91 Å². The molecule has 1 saturated heterocycles. The zero-order chi connectivity index (χ0) is 13.8. The summed E-state index contributed by atoms with van der Waals surface area (Å²) in [5, 5.41) is 0. The second-order valence-electron chi connectivity index (χ2n) is 6.03. The highest BCUT2D eigenvalue weighted by Gasteiger charge is 2.30. The van der Waals surface area contributed by atoms with Gasteiger partial charge in [0.1, 0.15) is 0 Å². The van der Waals surface area contributed by atoms with E-state index >= 15 is 0 Å². The second kappa shape index (κ2) is 6.35. The first-order valence-corrected chi connectivity index (χ1v) is 7.88. The maximum Gasteiger partial charge on any atom is 0.255 e. The minimum Gasteiger partial charge on any atom is -0.330 e. The fourth-order valence-corrected chi connectivity index (χ4v) is 3.59. The van der Waals surface area contributed by atoms with E-state index in [-0.39, 0.29) is 5.91 Å².